The number of carbonyl (C=O) groups is 1. The third-order valence-corrected chi connectivity index (χ3v) is 7.59. The Balaban J connectivity index is 4.68. The first-order valence-corrected chi connectivity index (χ1v) is 12.4. The van der Waals surface area contributed by atoms with Crippen LogP contribution < -0.4 is 0 Å². The molecule has 8 heteroatoms. The normalized spacial score (nSPS) is 14.0. The highest BCUT2D eigenvalue weighted by Gasteiger charge is 2.28. The summed E-state index contributed by atoms with van der Waals surface area (Å²) in [6.45, 7) is 21.7. The van der Waals surface area contributed by atoms with Gasteiger partial charge in [0.1, 0.15) is 6.61 Å². The summed E-state index contributed by atoms with van der Waals surface area (Å²) in [5.41, 5.74) is -0.494. The van der Waals surface area contributed by atoms with Crippen molar-refractivity contribution in [3.8, 4) is 0 Å². The molecule has 28 heavy (non-hydrogen) atoms. The molecule has 0 aromatic heterocycles. The summed E-state index contributed by atoms with van der Waals surface area (Å²) < 4.78 is 20.0. The van der Waals surface area contributed by atoms with E-state index in [0.717, 1.165) is 0 Å². The fourth-order valence-electron chi connectivity index (χ4n) is 2.08. The maximum absolute atomic E-state index is 12.1. The van der Waals surface area contributed by atoms with Crippen molar-refractivity contribution in [1.82, 2.24) is 4.67 Å². The van der Waals surface area contributed by atoms with Crippen LogP contribution in [0.2, 0.25) is 0 Å². The standard InChI is InChI=1S/C20H40NO4PS2/c1-15(2)21(16(3)4)26(24-12-11-23-18(27)20(8,9)10)25-13-14-28-17(22)19(5,6)7/h15-16H,11-14H2,1-10H3. The van der Waals surface area contributed by atoms with Crippen molar-refractivity contribution >= 4 is 42.7 Å². The highest BCUT2D eigenvalue weighted by Crippen LogP contribution is 2.45. The van der Waals surface area contributed by atoms with Crippen molar-refractivity contribution in [2.24, 2.45) is 10.8 Å². The molecule has 0 saturated carbocycles. The molecule has 0 saturated heterocycles. The minimum absolute atomic E-state index is 0.157. The molecule has 0 aromatic rings. The van der Waals surface area contributed by atoms with Gasteiger partial charge in [0, 0.05) is 28.7 Å². The number of hydrogen-bond donors (Lipinski definition) is 0. The summed E-state index contributed by atoms with van der Waals surface area (Å²) in [6.07, 6.45) is 0. The van der Waals surface area contributed by atoms with Crippen LogP contribution >= 0.6 is 32.5 Å². The molecule has 0 amide bonds. The average Bonchev–Trinajstić information content (AvgIpc) is 2.51. The summed E-state index contributed by atoms with van der Waals surface area (Å²) in [5.74, 6) is 0.618. The zero-order chi connectivity index (χ0) is 22.1. The van der Waals surface area contributed by atoms with Crippen LogP contribution in [0.1, 0.15) is 69.2 Å². The smallest absolute Gasteiger partial charge is 0.259 e. The first-order valence-electron chi connectivity index (χ1n) is 9.86. The molecule has 5 nitrogen and oxygen atoms in total. The molecule has 0 heterocycles. The Hall–Kier alpha value is 0.220. The highest BCUT2D eigenvalue weighted by molar-refractivity contribution is 8.13. The molecule has 166 valence electrons. The SMILES string of the molecule is CC(C)N(C(C)C)P(OCCOC(=S)C(C)(C)C)OCCSC(=O)C(C)(C)C. The second-order valence-electron chi connectivity index (χ2n) is 9.24. The van der Waals surface area contributed by atoms with E-state index in [-0.39, 0.29) is 28.0 Å². The van der Waals surface area contributed by atoms with E-state index < -0.39 is 8.53 Å². The van der Waals surface area contributed by atoms with E-state index in [0.29, 0.717) is 30.6 Å². The number of ether oxygens (including phenoxy) is 1. The van der Waals surface area contributed by atoms with Crippen molar-refractivity contribution in [3.05, 3.63) is 0 Å². The van der Waals surface area contributed by atoms with Gasteiger partial charge in [0.25, 0.3) is 8.53 Å². The predicted molar refractivity (Wildman–Crippen MR) is 126 cm³/mol. The van der Waals surface area contributed by atoms with Crippen LogP contribution in [0.5, 0.6) is 0 Å². The molecule has 1 atom stereocenters. The average molecular weight is 454 g/mol. The maximum atomic E-state index is 12.1. The van der Waals surface area contributed by atoms with Crippen LogP contribution in [-0.2, 0) is 18.6 Å². The fourth-order valence-corrected chi connectivity index (χ4v) is 4.64. The van der Waals surface area contributed by atoms with Gasteiger partial charge in [-0.2, -0.15) is 0 Å². The zero-order valence-electron chi connectivity index (χ0n) is 19.3. The molecule has 0 spiro atoms. The monoisotopic (exact) mass is 453 g/mol. The Labute approximate surface area is 183 Å². The lowest BCUT2D eigenvalue weighted by Gasteiger charge is -2.35. The molecule has 0 aliphatic rings. The first-order chi connectivity index (χ1) is 12.7. The van der Waals surface area contributed by atoms with Gasteiger partial charge in [0.15, 0.2) is 10.2 Å². The summed E-state index contributed by atoms with van der Waals surface area (Å²) in [7, 11) is -1.24. The van der Waals surface area contributed by atoms with E-state index in [2.05, 4.69) is 32.4 Å². The predicted octanol–water partition coefficient (Wildman–Crippen LogP) is 6.06. The van der Waals surface area contributed by atoms with Crippen molar-refractivity contribution < 1.29 is 18.6 Å². The van der Waals surface area contributed by atoms with Gasteiger partial charge in [-0.3, -0.25) is 4.79 Å². The lowest BCUT2D eigenvalue weighted by atomic mass is 9.98. The molecule has 0 radical (unpaired) electrons. The molecule has 0 aliphatic heterocycles. The fraction of sp³-hybridized carbons (Fsp3) is 0.900. The first kappa shape index (κ1) is 28.2. The van der Waals surface area contributed by atoms with Crippen LogP contribution in [-0.4, -0.2) is 52.5 Å². The van der Waals surface area contributed by atoms with E-state index in [1.807, 2.05) is 41.5 Å². The summed E-state index contributed by atoms with van der Waals surface area (Å²) in [6, 6.07) is 0.568. The van der Waals surface area contributed by atoms with E-state index in [1.54, 1.807) is 0 Å². The Morgan fingerprint density at radius 1 is 0.929 bits per heavy atom. The van der Waals surface area contributed by atoms with Gasteiger partial charge in [-0.05, 0) is 39.9 Å². The number of hydrogen-bond acceptors (Lipinski definition) is 7. The molecule has 0 aliphatic carbocycles. The number of nitrogens with zero attached hydrogens (tertiary/aromatic N) is 1. The van der Waals surface area contributed by atoms with Crippen LogP contribution in [0, 0.1) is 10.8 Å². The molecule has 1 unspecified atom stereocenters. The van der Waals surface area contributed by atoms with Gasteiger partial charge >= 0.3 is 0 Å². The van der Waals surface area contributed by atoms with E-state index >= 15 is 0 Å². The van der Waals surface area contributed by atoms with Crippen molar-refractivity contribution in [3.63, 3.8) is 0 Å². The molecule has 0 N–H and O–H groups in total. The van der Waals surface area contributed by atoms with Gasteiger partial charge in [-0.15, -0.1) is 0 Å². The van der Waals surface area contributed by atoms with E-state index in [1.165, 1.54) is 11.8 Å². The minimum atomic E-state index is -1.24. The number of rotatable bonds is 11. The highest BCUT2D eigenvalue weighted by atomic mass is 32.2. The van der Waals surface area contributed by atoms with Gasteiger partial charge < -0.3 is 13.8 Å². The van der Waals surface area contributed by atoms with Crippen molar-refractivity contribution in [1.29, 1.82) is 0 Å². The number of thiocarbonyl (C=S) groups is 1. The largest absolute Gasteiger partial charge is 0.484 e. The molecular weight excluding hydrogens is 413 g/mol. The molecule has 0 fully saturated rings. The molecule has 0 bridgehead atoms. The van der Waals surface area contributed by atoms with Crippen LogP contribution in [0.15, 0.2) is 0 Å². The lowest BCUT2D eigenvalue weighted by Crippen LogP contribution is -2.34. The topological polar surface area (TPSA) is 48.0 Å². The molecular formula is C20H40NO4PS2. The van der Waals surface area contributed by atoms with Crippen LogP contribution in [0.4, 0.5) is 0 Å². The lowest BCUT2D eigenvalue weighted by molar-refractivity contribution is -0.117. The van der Waals surface area contributed by atoms with E-state index in [4.69, 9.17) is 26.0 Å². The van der Waals surface area contributed by atoms with Crippen LogP contribution in [0.25, 0.3) is 0 Å². The summed E-state index contributed by atoms with van der Waals surface area (Å²) in [5, 5.41) is 0.762. The number of carbonyl (C=O) groups excluding carboxylic acids is 1. The Bertz CT molecular complexity index is 446. The molecule has 0 aromatic carbocycles. The van der Waals surface area contributed by atoms with Crippen molar-refractivity contribution in [2.75, 3.05) is 25.6 Å². The van der Waals surface area contributed by atoms with E-state index in [9.17, 15) is 4.79 Å². The van der Waals surface area contributed by atoms with Crippen molar-refractivity contribution in [2.45, 2.75) is 81.3 Å². The minimum Gasteiger partial charge on any atom is -0.484 e. The molecule has 0 rings (SSSR count). The van der Waals surface area contributed by atoms with Crippen LogP contribution in [0.3, 0.4) is 0 Å². The maximum Gasteiger partial charge on any atom is 0.259 e. The Morgan fingerprint density at radius 3 is 1.86 bits per heavy atom. The Kier molecular flexibility index (Phi) is 12.9. The second-order valence-corrected chi connectivity index (χ2v) is 12.1. The van der Waals surface area contributed by atoms with Gasteiger partial charge in [-0.1, -0.05) is 53.3 Å². The van der Waals surface area contributed by atoms with Gasteiger partial charge in [0.05, 0.1) is 13.2 Å². The summed E-state index contributed by atoms with van der Waals surface area (Å²) in [4.78, 5) is 12.1. The second kappa shape index (κ2) is 12.8. The quantitative estimate of drug-likeness (QED) is 0.214. The third kappa shape index (κ3) is 11.4. The number of thioether (sulfide) groups is 1. The van der Waals surface area contributed by atoms with Gasteiger partial charge in [0.2, 0.25) is 0 Å². The Morgan fingerprint density at radius 2 is 1.43 bits per heavy atom. The summed E-state index contributed by atoms with van der Waals surface area (Å²) >= 11 is 6.62. The van der Waals surface area contributed by atoms with Gasteiger partial charge in [-0.25, -0.2) is 4.67 Å². The third-order valence-electron chi connectivity index (χ3n) is 3.51. The zero-order valence-corrected chi connectivity index (χ0v) is 21.9.